The maximum atomic E-state index is 11.1. The van der Waals surface area contributed by atoms with Crippen molar-refractivity contribution in [2.45, 2.75) is 18.5 Å². The minimum absolute atomic E-state index is 0.372. The first-order valence-corrected chi connectivity index (χ1v) is 6.70. The number of benzene rings is 1. The van der Waals surface area contributed by atoms with Crippen LogP contribution in [0.25, 0.3) is 0 Å². The molecule has 0 spiro atoms. The van der Waals surface area contributed by atoms with Crippen molar-refractivity contribution >= 4 is 5.97 Å². The van der Waals surface area contributed by atoms with E-state index >= 15 is 0 Å². The van der Waals surface area contributed by atoms with E-state index in [2.05, 4.69) is 4.90 Å². The zero-order valence-corrected chi connectivity index (χ0v) is 11.2. The van der Waals surface area contributed by atoms with Gasteiger partial charge in [0.2, 0.25) is 0 Å². The summed E-state index contributed by atoms with van der Waals surface area (Å²) < 4.78 is 11.0. The van der Waals surface area contributed by atoms with E-state index in [4.69, 9.17) is 20.3 Å². The summed E-state index contributed by atoms with van der Waals surface area (Å²) >= 11 is 0. The Morgan fingerprint density at radius 3 is 2.80 bits per heavy atom. The van der Waals surface area contributed by atoms with Crippen LogP contribution in [0.5, 0.6) is 11.5 Å². The second-order valence-electron chi connectivity index (χ2n) is 5.40. The number of hydrogen-bond acceptors (Lipinski definition) is 5. The molecule has 3 N–H and O–H groups in total. The summed E-state index contributed by atoms with van der Waals surface area (Å²) in [6, 6.07) is 5.82. The lowest BCUT2D eigenvalue weighted by atomic mass is 10.0. The molecule has 1 atom stereocenters. The van der Waals surface area contributed by atoms with Crippen LogP contribution in [0.1, 0.15) is 12.0 Å². The molecule has 0 aliphatic carbocycles. The molecule has 0 bridgehead atoms. The third-order valence-corrected chi connectivity index (χ3v) is 3.82. The Morgan fingerprint density at radius 2 is 2.10 bits per heavy atom. The smallest absolute Gasteiger partial charge is 0.325 e. The van der Waals surface area contributed by atoms with Crippen molar-refractivity contribution in [2.75, 3.05) is 26.3 Å². The van der Waals surface area contributed by atoms with E-state index in [1.807, 2.05) is 18.2 Å². The van der Waals surface area contributed by atoms with Gasteiger partial charge in [0, 0.05) is 19.6 Å². The molecule has 2 aliphatic rings. The van der Waals surface area contributed by atoms with Gasteiger partial charge in [0.05, 0.1) is 0 Å². The highest BCUT2D eigenvalue weighted by molar-refractivity contribution is 5.79. The van der Waals surface area contributed by atoms with Crippen molar-refractivity contribution in [1.29, 1.82) is 0 Å². The normalized spacial score (nSPS) is 25.6. The van der Waals surface area contributed by atoms with E-state index in [0.717, 1.165) is 17.1 Å². The van der Waals surface area contributed by atoms with Gasteiger partial charge in [0.1, 0.15) is 18.8 Å². The van der Waals surface area contributed by atoms with Gasteiger partial charge in [-0.15, -0.1) is 0 Å². The first-order chi connectivity index (χ1) is 9.57. The standard InChI is InChI=1S/C14H18N2O4/c15-14(13(17)18)3-4-16(9-14)8-10-1-2-11-12(7-10)20-6-5-19-11/h1-2,7H,3-6,8-9,15H2,(H,17,18)/t14-/m0/s1. The predicted octanol–water partition coefficient (Wildman–Crippen LogP) is 0.446. The van der Waals surface area contributed by atoms with E-state index in [1.54, 1.807) is 0 Å². The second-order valence-corrected chi connectivity index (χ2v) is 5.40. The number of hydrogen-bond donors (Lipinski definition) is 2. The minimum atomic E-state index is -1.12. The van der Waals surface area contributed by atoms with Gasteiger partial charge in [0.15, 0.2) is 11.5 Å². The number of carboxylic acids is 1. The van der Waals surface area contributed by atoms with Gasteiger partial charge < -0.3 is 20.3 Å². The molecule has 1 aromatic rings. The summed E-state index contributed by atoms with van der Waals surface area (Å²) in [5, 5.41) is 9.13. The average Bonchev–Trinajstić information content (AvgIpc) is 2.81. The van der Waals surface area contributed by atoms with E-state index < -0.39 is 11.5 Å². The molecule has 1 aromatic carbocycles. The summed E-state index contributed by atoms with van der Waals surface area (Å²) in [6.07, 6.45) is 0.479. The van der Waals surface area contributed by atoms with E-state index in [9.17, 15) is 4.79 Å². The van der Waals surface area contributed by atoms with Crippen LogP contribution in [0.3, 0.4) is 0 Å². The lowest BCUT2D eigenvalue weighted by molar-refractivity contribution is -0.142. The third kappa shape index (κ3) is 2.44. The zero-order valence-electron chi connectivity index (χ0n) is 11.2. The number of nitrogens with zero attached hydrogens (tertiary/aromatic N) is 1. The summed E-state index contributed by atoms with van der Waals surface area (Å²) in [5.41, 5.74) is 5.83. The third-order valence-electron chi connectivity index (χ3n) is 3.82. The lowest BCUT2D eigenvalue weighted by Gasteiger charge is -2.22. The number of aliphatic carboxylic acids is 1. The Labute approximate surface area is 117 Å². The number of likely N-dealkylation sites (tertiary alicyclic amines) is 1. The quantitative estimate of drug-likeness (QED) is 0.835. The molecular formula is C14H18N2O4. The topological polar surface area (TPSA) is 85.0 Å². The fourth-order valence-corrected chi connectivity index (χ4v) is 2.67. The minimum Gasteiger partial charge on any atom is -0.486 e. The molecule has 0 aromatic heterocycles. The maximum absolute atomic E-state index is 11.1. The SMILES string of the molecule is N[C@@]1(C(=O)O)CCN(Cc2ccc3c(c2)OCCO3)C1. The number of carbonyl (C=O) groups is 1. The van der Waals surface area contributed by atoms with Crippen molar-refractivity contribution in [2.24, 2.45) is 5.73 Å². The van der Waals surface area contributed by atoms with Crippen molar-refractivity contribution in [3.63, 3.8) is 0 Å². The molecule has 2 aliphatic heterocycles. The van der Waals surface area contributed by atoms with Crippen molar-refractivity contribution in [3.05, 3.63) is 23.8 Å². The molecule has 6 heteroatoms. The zero-order chi connectivity index (χ0) is 14.2. The van der Waals surface area contributed by atoms with Crippen LogP contribution >= 0.6 is 0 Å². The van der Waals surface area contributed by atoms with E-state index in [0.29, 0.717) is 39.3 Å². The maximum Gasteiger partial charge on any atom is 0.325 e. The molecule has 20 heavy (non-hydrogen) atoms. The molecule has 0 saturated carbocycles. The predicted molar refractivity (Wildman–Crippen MR) is 71.9 cm³/mol. The Hall–Kier alpha value is -1.79. The van der Waals surface area contributed by atoms with Crippen molar-refractivity contribution in [1.82, 2.24) is 4.90 Å². The fraction of sp³-hybridized carbons (Fsp3) is 0.500. The molecule has 108 valence electrons. The molecule has 1 fully saturated rings. The van der Waals surface area contributed by atoms with Crippen molar-refractivity contribution in [3.8, 4) is 11.5 Å². The van der Waals surface area contributed by atoms with Gasteiger partial charge >= 0.3 is 5.97 Å². The van der Waals surface area contributed by atoms with Gasteiger partial charge in [-0.25, -0.2) is 0 Å². The Bertz CT molecular complexity index is 534. The number of fused-ring (bicyclic) bond motifs is 1. The highest BCUT2D eigenvalue weighted by Gasteiger charge is 2.41. The van der Waals surface area contributed by atoms with E-state index in [-0.39, 0.29) is 0 Å². The van der Waals surface area contributed by atoms with Gasteiger partial charge in [0.25, 0.3) is 0 Å². The second kappa shape index (κ2) is 4.96. The summed E-state index contributed by atoms with van der Waals surface area (Å²) in [4.78, 5) is 13.2. The van der Waals surface area contributed by atoms with Crippen LogP contribution in [-0.4, -0.2) is 47.8 Å². The highest BCUT2D eigenvalue weighted by Crippen LogP contribution is 2.31. The monoisotopic (exact) mass is 278 g/mol. The van der Waals surface area contributed by atoms with Crippen LogP contribution in [0, 0.1) is 0 Å². The molecular weight excluding hydrogens is 260 g/mol. The number of ether oxygens (including phenoxy) is 2. The van der Waals surface area contributed by atoms with Crippen LogP contribution in [-0.2, 0) is 11.3 Å². The molecule has 0 unspecified atom stereocenters. The molecule has 2 heterocycles. The fourth-order valence-electron chi connectivity index (χ4n) is 2.67. The van der Waals surface area contributed by atoms with Gasteiger partial charge in [-0.2, -0.15) is 0 Å². The Morgan fingerprint density at radius 1 is 1.35 bits per heavy atom. The average molecular weight is 278 g/mol. The first-order valence-electron chi connectivity index (χ1n) is 6.70. The number of carboxylic acid groups (broad SMARTS) is 1. The van der Waals surface area contributed by atoms with Gasteiger partial charge in [-0.05, 0) is 24.1 Å². The molecule has 0 radical (unpaired) electrons. The first kappa shape index (κ1) is 13.2. The Balaban J connectivity index is 1.68. The summed E-state index contributed by atoms with van der Waals surface area (Å²) in [5.74, 6) is 0.590. The molecule has 6 nitrogen and oxygen atoms in total. The molecule has 0 amide bonds. The van der Waals surface area contributed by atoms with Gasteiger partial charge in [-0.1, -0.05) is 6.07 Å². The van der Waals surface area contributed by atoms with Crippen LogP contribution < -0.4 is 15.2 Å². The molecule has 3 rings (SSSR count). The molecule has 1 saturated heterocycles. The number of rotatable bonds is 3. The highest BCUT2D eigenvalue weighted by atomic mass is 16.6. The summed E-state index contributed by atoms with van der Waals surface area (Å²) in [6.45, 7) is 2.87. The van der Waals surface area contributed by atoms with Crippen molar-refractivity contribution < 1.29 is 19.4 Å². The number of nitrogens with two attached hydrogens (primary N) is 1. The largest absolute Gasteiger partial charge is 0.486 e. The van der Waals surface area contributed by atoms with E-state index in [1.165, 1.54) is 0 Å². The lowest BCUT2D eigenvalue weighted by Crippen LogP contribution is -2.50. The summed E-state index contributed by atoms with van der Waals surface area (Å²) in [7, 11) is 0. The van der Waals surface area contributed by atoms with Crippen LogP contribution in [0.4, 0.5) is 0 Å². The Kier molecular flexibility index (Phi) is 3.27. The van der Waals surface area contributed by atoms with Crippen LogP contribution in [0.2, 0.25) is 0 Å². The van der Waals surface area contributed by atoms with Gasteiger partial charge in [-0.3, -0.25) is 9.69 Å². The van der Waals surface area contributed by atoms with Crippen LogP contribution in [0.15, 0.2) is 18.2 Å².